The summed E-state index contributed by atoms with van der Waals surface area (Å²) < 4.78 is 1.22. The van der Waals surface area contributed by atoms with Crippen molar-refractivity contribution in [1.82, 2.24) is 4.57 Å². The molecule has 1 heterocycles. The van der Waals surface area contributed by atoms with E-state index in [0.717, 1.165) is 0 Å². The van der Waals surface area contributed by atoms with E-state index >= 15 is 0 Å². The van der Waals surface area contributed by atoms with Gasteiger partial charge in [-0.05, 0) is 18.2 Å². The molecule has 0 aliphatic rings. The van der Waals surface area contributed by atoms with Crippen LogP contribution in [0.5, 0.6) is 5.88 Å². The molecule has 0 aliphatic carbocycles. The van der Waals surface area contributed by atoms with Crippen molar-refractivity contribution in [2.24, 2.45) is 0 Å². The average molecular weight is 231 g/mol. The lowest BCUT2D eigenvalue weighted by molar-refractivity contribution is 0.0932. The maximum Gasteiger partial charge on any atom is 0.230 e. The molecule has 0 aliphatic heterocycles. The topological polar surface area (TPSA) is 59.3 Å². The number of fused-ring (bicyclic) bond motifs is 1. The number of aromatic nitrogens is 1. The van der Waals surface area contributed by atoms with Crippen LogP contribution in [0.3, 0.4) is 0 Å². The van der Waals surface area contributed by atoms with Gasteiger partial charge in [-0.15, -0.1) is 0 Å². The SMILES string of the molecule is CCC(=O)c1ccc2c(c1)cc(O)n2C(C)=O. The molecule has 0 bridgehead atoms. The normalized spacial score (nSPS) is 10.7. The Kier molecular flexibility index (Phi) is 2.71. The third kappa shape index (κ3) is 1.82. The molecule has 2 aromatic rings. The second-order valence-corrected chi connectivity index (χ2v) is 3.91. The summed E-state index contributed by atoms with van der Waals surface area (Å²) in [5.74, 6) is -0.317. The number of aromatic hydroxyl groups is 1. The van der Waals surface area contributed by atoms with Crippen LogP contribution in [-0.2, 0) is 0 Å². The summed E-state index contributed by atoms with van der Waals surface area (Å²) in [7, 11) is 0. The zero-order chi connectivity index (χ0) is 12.6. The van der Waals surface area contributed by atoms with E-state index in [9.17, 15) is 14.7 Å². The summed E-state index contributed by atoms with van der Waals surface area (Å²) in [6.07, 6.45) is 0.435. The fourth-order valence-electron chi connectivity index (χ4n) is 1.91. The number of nitrogens with zero attached hydrogens (tertiary/aromatic N) is 1. The van der Waals surface area contributed by atoms with Gasteiger partial charge in [0.2, 0.25) is 5.91 Å². The lowest BCUT2D eigenvalue weighted by Gasteiger charge is -2.02. The maximum atomic E-state index is 11.5. The summed E-state index contributed by atoms with van der Waals surface area (Å²) in [6.45, 7) is 3.18. The highest BCUT2D eigenvalue weighted by atomic mass is 16.3. The monoisotopic (exact) mass is 231 g/mol. The standard InChI is InChI=1S/C13H13NO3/c1-3-12(16)9-4-5-11-10(6-9)7-13(17)14(11)8(2)15/h4-7,17H,3H2,1-2H3. The van der Waals surface area contributed by atoms with Crippen molar-refractivity contribution in [3.63, 3.8) is 0 Å². The van der Waals surface area contributed by atoms with E-state index in [0.29, 0.717) is 22.9 Å². The molecule has 88 valence electrons. The van der Waals surface area contributed by atoms with Crippen LogP contribution in [0.4, 0.5) is 0 Å². The van der Waals surface area contributed by atoms with Crippen molar-refractivity contribution in [1.29, 1.82) is 0 Å². The minimum Gasteiger partial charge on any atom is -0.494 e. The van der Waals surface area contributed by atoms with E-state index in [4.69, 9.17) is 0 Å². The van der Waals surface area contributed by atoms with Gasteiger partial charge in [0.1, 0.15) is 0 Å². The van der Waals surface area contributed by atoms with E-state index in [-0.39, 0.29) is 17.6 Å². The van der Waals surface area contributed by atoms with Gasteiger partial charge in [-0.2, -0.15) is 0 Å². The second-order valence-electron chi connectivity index (χ2n) is 3.91. The summed E-state index contributed by atoms with van der Waals surface area (Å²) >= 11 is 0. The highest BCUT2D eigenvalue weighted by Gasteiger charge is 2.12. The first kappa shape index (κ1) is 11.4. The van der Waals surface area contributed by atoms with Crippen LogP contribution < -0.4 is 0 Å². The zero-order valence-electron chi connectivity index (χ0n) is 9.73. The Balaban J connectivity index is 2.65. The van der Waals surface area contributed by atoms with Crippen molar-refractivity contribution in [3.05, 3.63) is 29.8 Å². The predicted octanol–water partition coefficient (Wildman–Crippen LogP) is 2.60. The molecule has 0 spiro atoms. The number of hydrogen-bond acceptors (Lipinski definition) is 3. The molecule has 4 heteroatoms. The van der Waals surface area contributed by atoms with Gasteiger partial charge in [-0.3, -0.25) is 14.2 Å². The minimum atomic E-state index is -0.257. The number of ketones is 1. The molecule has 1 aromatic heterocycles. The predicted molar refractivity (Wildman–Crippen MR) is 64.5 cm³/mol. The molecule has 0 unspecified atom stereocenters. The van der Waals surface area contributed by atoms with Crippen molar-refractivity contribution in [3.8, 4) is 5.88 Å². The van der Waals surface area contributed by atoms with Gasteiger partial charge in [0.25, 0.3) is 0 Å². The number of carbonyl (C=O) groups excluding carboxylic acids is 2. The molecule has 0 fully saturated rings. The third-order valence-corrected chi connectivity index (χ3v) is 2.74. The molecule has 0 amide bonds. The number of benzene rings is 1. The van der Waals surface area contributed by atoms with Crippen molar-refractivity contribution < 1.29 is 14.7 Å². The second kappa shape index (κ2) is 4.05. The first-order valence-electron chi connectivity index (χ1n) is 5.43. The molecule has 0 saturated carbocycles. The maximum absolute atomic E-state index is 11.5. The summed E-state index contributed by atoms with van der Waals surface area (Å²) in [6, 6.07) is 6.54. The molecule has 2 rings (SSSR count). The summed E-state index contributed by atoms with van der Waals surface area (Å²) in [4.78, 5) is 22.9. The van der Waals surface area contributed by atoms with Gasteiger partial charge in [0.05, 0.1) is 5.52 Å². The quantitative estimate of drug-likeness (QED) is 0.808. The summed E-state index contributed by atoms with van der Waals surface area (Å²) in [5, 5.41) is 10.3. The molecule has 17 heavy (non-hydrogen) atoms. The largest absolute Gasteiger partial charge is 0.494 e. The van der Waals surface area contributed by atoms with Crippen LogP contribution >= 0.6 is 0 Å². The average Bonchev–Trinajstić information content (AvgIpc) is 2.62. The molecule has 1 N–H and O–H groups in total. The Morgan fingerprint density at radius 1 is 1.29 bits per heavy atom. The Morgan fingerprint density at radius 2 is 2.00 bits per heavy atom. The van der Waals surface area contributed by atoms with Crippen LogP contribution in [0.1, 0.15) is 35.4 Å². The van der Waals surface area contributed by atoms with Crippen LogP contribution in [0.25, 0.3) is 10.9 Å². The zero-order valence-corrected chi connectivity index (χ0v) is 9.73. The Morgan fingerprint density at radius 3 is 2.59 bits per heavy atom. The van der Waals surface area contributed by atoms with Crippen molar-refractivity contribution >= 4 is 22.6 Å². The lowest BCUT2D eigenvalue weighted by Crippen LogP contribution is -2.04. The Hall–Kier alpha value is -2.10. The van der Waals surface area contributed by atoms with Crippen LogP contribution in [0.15, 0.2) is 24.3 Å². The van der Waals surface area contributed by atoms with Gasteiger partial charge in [-0.1, -0.05) is 6.92 Å². The first-order valence-corrected chi connectivity index (χ1v) is 5.43. The minimum absolute atomic E-state index is 0.0435. The van der Waals surface area contributed by atoms with E-state index in [1.165, 1.54) is 17.6 Å². The van der Waals surface area contributed by atoms with E-state index < -0.39 is 0 Å². The van der Waals surface area contributed by atoms with Crippen molar-refractivity contribution in [2.45, 2.75) is 20.3 Å². The molecule has 4 nitrogen and oxygen atoms in total. The van der Waals surface area contributed by atoms with Gasteiger partial charge >= 0.3 is 0 Å². The third-order valence-electron chi connectivity index (χ3n) is 2.74. The van der Waals surface area contributed by atoms with Crippen LogP contribution in [0.2, 0.25) is 0 Å². The van der Waals surface area contributed by atoms with Crippen LogP contribution in [0, 0.1) is 0 Å². The number of Topliss-reactive ketones (excluding diaryl/α,β-unsaturated/α-hetero) is 1. The fourth-order valence-corrected chi connectivity index (χ4v) is 1.91. The number of rotatable bonds is 2. The van der Waals surface area contributed by atoms with E-state index in [2.05, 4.69) is 0 Å². The van der Waals surface area contributed by atoms with Gasteiger partial charge in [0.15, 0.2) is 11.7 Å². The number of hydrogen-bond donors (Lipinski definition) is 1. The number of carbonyl (C=O) groups is 2. The van der Waals surface area contributed by atoms with Crippen LogP contribution in [-0.4, -0.2) is 21.4 Å². The fraction of sp³-hybridized carbons (Fsp3) is 0.231. The smallest absolute Gasteiger partial charge is 0.230 e. The molecule has 1 aromatic carbocycles. The van der Waals surface area contributed by atoms with Gasteiger partial charge in [-0.25, -0.2) is 0 Å². The Bertz CT molecular complexity index is 610. The van der Waals surface area contributed by atoms with Crippen molar-refractivity contribution in [2.75, 3.05) is 0 Å². The molecule has 0 radical (unpaired) electrons. The molecule has 0 atom stereocenters. The molecular weight excluding hydrogens is 218 g/mol. The highest BCUT2D eigenvalue weighted by molar-refractivity contribution is 6.01. The summed E-state index contributed by atoms with van der Waals surface area (Å²) in [5.41, 5.74) is 1.21. The highest BCUT2D eigenvalue weighted by Crippen LogP contribution is 2.25. The van der Waals surface area contributed by atoms with Gasteiger partial charge < -0.3 is 5.11 Å². The lowest BCUT2D eigenvalue weighted by atomic mass is 10.1. The molecular formula is C13H13NO3. The molecule has 0 saturated heterocycles. The van der Waals surface area contributed by atoms with Gasteiger partial charge in [0, 0.05) is 30.4 Å². The van der Waals surface area contributed by atoms with E-state index in [1.54, 1.807) is 25.1 Å². The first-order chi connectivity index (χ1) is 8.04. The van der Waals surface area contributed by atoms with E-state index in [1.807, 2.05) is 0 Å². The Labute approximate surface area is 98.5 Å².